The van der Waals surface area contributed by atoms with Crippen LogP contribution in [0.4, 0.5) is 4.39 Å². The number of rotatable bonds is 4. The molecule has 0 aliphatic carbocycles. The molecule has 32 heavy (non-hydrogen) atoms. The van der Waals surface area contributed by atoms with Gasteiger partial charge in [-0.2, -0.15) is 0 Å². The summed E-state index contributed by atoms with van der Waals surface area (Å²) in [6.07, 6.45) is 9.99. The van der Waals surface area contributed by atoms with Crippen molar-refractivity contribution in [3.63, 3.8) is 0 Å². The van der Waals surface area contributed by atoms with E-state index in [9.17, 15) is 4.39 Å². The van der Waals surface area contributed by atoms with Crippen LogP contribution in [0.15, 0.2) is 67.3 Å². The van der Waals surface area contributed by atoms with Gasteiger partial charge in [-0.15, -0.1) is 0 Å². The second-order valence-electron chi connectivity index (χ2n) is 8.06. The van der Waals surface area contributed by atoms with Crippen molar-refractivity contribution in [2.24, 2.45) is 0 Å². The Morgan fingerprint density at radius 2 is 2.06 bits per heavy atom. The molecule has 0 aromatic carbocycles. The minimum atomic E-state index is -0.335. The fourth-order valence-corrected chi connectivity index (χ4v) is 4.35. The van der Waals surface area contributed by atoms with Crippen molar-refractivity contribution in [2.45, 2.75) is 13.0 Å². The second kappa shape index (κ2) is 7.69. The Labute approximate surface area is 183 Å². The molecule has 0 amide bonds. The van der Waals surface area contributed by atoms with Crippen LogP contribution < -0.4 is 5.32 Å². The van der Waals surface area contributed by atoms with E-state index >= 15 is 0 Å². The van der Waals surface area contributed by atoms with Crippen molar-refractivity contribution in [1.82, 2.24) is 29.8 Å². The van der Waals surface area contributed by atoms with E-state index in [4.69, 9.17) is 4.98 Å². The van der Waals surface area contributed by atoms with E-state index in [1.165, 1.54) is 17.8 Å². The molecule has 6 heterocycles. The smallest absolute Gasteiger partial charge is 0.141 e. The van der Waals surface area contributed by atoms with Gasteiger partial charge < -0.3 is 14.9 Å². The average molecular weight is 424 g/mol. The van der Waals surface area contributed by atoms with Gasteiger partial charge in [0.1, 0.15) is 17.1 Å². The van der Waals surface area contributed by atoms with Crippen LogP contribution in [-0.4, -0.2) is 37.6 Å². The van der Waals surface area contributed by atoms with Gasteiger partial charge in [0.2, 0.25) is 0 Å². The summed E-state index contributed by atoms with van der Waals surface area (Å²) in [7, 11) is 0. The first-order valence-corrected chi connectivity index (χ1v) is 10.7. The summed E-state index contributed by atoms with van der Waals surface area (Å²) in [5.74, 6) is -0.335. The summed E-state index contributed by atoms with van der Waals surface area (Å²) in [6.45, 7) is 2.38. The van der Waals surface area contributed by atoms with E-state index in [2.05, 4.69) is 38.5 Å². The van der Waals surface area contributed by atoms with Crippen molar-refractivity contribution in [3.05, 3.63) is 84.3 Å². The van der Waals surface area contributed by atoms with Gasteiger partial charge in [-0.3, -0.25) is 4.98 Å². The molecule has 158 valence electrons. The Bertz CT molecular complexity index is 1480. The number of aromatic amines is 1. The molecule has 0 saturated heterocycles. The summed E-state index contributed by atoms with van der Waals surface area (Å²) in [4.78, 5) is 16.9. The Morgan fingerprint density at radius 1 is 1.09 bits per heavy atom. The monoisotopic (exact) mass is 424 g/mol. The predicted octanol–water partition coefficient (Wildman–Crippen LogP) is 4.54. The summed E-state index contributed by atoms with van der Waals surface area (Å²) >= 11 is 0. The van der Waals surface area contributed by atoms with Crippen LogP contribution in [0.5, 0.6) is 0 Å². The lowest BCUT2D eigenvalue weighted by molar-refractivity contribution is 0.616. The number of nitrogens with one attached hydrogen (secondary N) is 2. The van der Waals surface area contributed by atoms with E-state index < -0.39 is 0 Å². The summed E-state index contributed by atoms with van der Waals surface area (Å²) < 4.78 is 15.6. The van der Waals surface area contributed by atoms with Gasteiger partial charge in [-0.05, 0) is 60.5 Å². The van der Waals surface area contributed by atoms with Gasteiger partial charge in [-0.1, -0.05) is 6.08 Å². The highest BCUT2D eigenvalue weighted by molar-refractivity contribution is 5.95. The van der Waals surface area contributed by atoms with Crippen LogP contribution in [0.3, 0.4) is 0 Å². The summed E-state index contributed by atoms with van der Waals surface area (Å²) in [5, 5.41) is 5.51. The van der Waals surface area contributed by atoms with Gasteiger partial charge in [0.15, 0.2) is 0 Å². The lowest BCUT2D eigenvalue weighted by Gasteiger charge is -2.12. The van der Waals surface area contributed by atoms with E-state index in [-0.39, 0.29) is 5.82 Å². The SMILES string of the molecule is Fc1cncc(Cn2ccc3ccc(-c4ccnc5[nH]c(C6=CCCNC6)cc45)nc32)c1. The molecule has 6 nitrogen and oxygen atoms in total. The van der Waals surface area contributed by atoms with Gasteiger partial charge in [0.05, 0.1) is 18.4 Å². The van der Waals surface area contributed by atoms with Gasteiger partial charge in [-0.25, -0.2) is 14.4 Å². The number of fused-ring (bicyclic) bond motifs is 2. The summed E-state index contributed by atoms with van der Waals surface area (Å²) in [5.41, 5.74) is 6.77. The van der Waals surface area contributed by atoms with Crippen molar-refractivity contribution in [1.29, 1.82) is 0 Å². The van der Waals surface area contributed by atoms with Gasteiger partial charge in [0.25, 0.3) is 0 Å². The fraction of sp³-hybridized carbons (Fsp3) is 0.160. The Hall–Kier alpha value is -3.84. The highest BCUT2D eigenvalue weighted by Gasteiger charge is 2.14. The molecule has 2 N–H and O–H groups in total. The lowest BCUT2D eigenvalue weighted by atomic mass is 10.1. The number of H-pyrrole nitrogens is 1. The molecular formula is C25H21FN6. The molecule has 0 fully saturated rings. The van der Waals surface area contributed by atoms with Gasteiger partial charge in [0, 0.05) is 47.2 Å². The molecule has 6 rings (SSSR count). The fourth-order valence-electron chi connectivity index (χ4n) is 4.35. The Morgan fingerprint density at radius 3 is 2.94 bits per heavy atom. The highest BCUT2D eigenvalue weighted by atomic mass is 19.1. The second-order valence-corrected chi connectivity index (χ2v) is 8.06. The molecule has 0 saturated carbocycles. The zero-order valence-electron chi connectivity index (χ0n) is 17.3. The van der Waals surface area contributed by atoms with E-state index in [0.29, 0.717) is 6.54 Å². The minimum absolute atomic E-state index is 0.335. The zero-order chi connectivity index (χ0) is 21.5. The molecular weight excluding hydrogens is 403 g/mol. The first kappa shape index (κ1) is 18.9. The van der Waals surface area contributed by atoms with Crippen LogP contribution in [0.25, 0.3) is 38.9 Å². The number of hydrogen-bond acceptors (Lipinski definition) is 4. The van der Waals surface area contributed by atoms with E-state index in [1.807, 2.05) is 35.2 Å². The van der Waals surface area contributed by atoms with Crippen LogP contribution in [-0.2, 0) is 6.54 Å². The maximum atomic E-state index is 13.6. The number of hydrogen-bond donors (Lipinski definition) is 2. The van der Waals surface area contributed by atoms with Crippen LogP contribution in [0.1, 0.15) is 17.7 Å². The molecule has 0 radical (unpaired) electrons. The first-order chi connectivity index (χ1) is 15.7. The van der Waals surface area contributed by atoms with Crippen LogP contribution in [0, 0.1) is 5.82 Å². The number of aromatic nitrogens is 5. The van der Waals surface area contributed by atoms with Gasteiger partial charge >= 0.3 is 0 Å². The van der Waals surface area contributed by atoms with Crippen LogP contribution >= 0.6 is 0 Å². The zero-order valence-corrected chi connectivity index (χ0v) is 17.3. The maximum absolute atomic E-state index is 13.6. The summed E-state index contributed by atoms with van der Waals surface area (Å²) in [6, 6.07) is 11.8. The molecule has 0 spiro atoms. The lowest BCUT2D eigenvalue weighted by Crippen LogP contribution is -2.21. The third-order valence-electron chi connectivity index (χ3n) is 5.91. The van der Waals surface area contributed by atoms with Crippen LogP contribution in [0.2, 0.25) is 0 Å². The largest absolute Gasteiger partial charge is 0.339 e. The number of halogens is 1. The molecule has 0 bridgehead atoms. The first-order valence-electron chi connectivity index (χ1n) is 10.7. The maximum Gasteiger partial charge on any atom is 0.141 e. The predicted molar refractivity (Wildman–Crippen MR) is 124 cm³/mol. The quantitative estimate of drug-likeness (QED) is 0.444. The molecule has 1 aliphatic rings. The Kier molecular flexibility index (Phi) is 4.54. The Balaban J connectivity index is 1.42. The van der Waals surface area contributed by atoms with E-state index in [0.717, 1.165) is 64.1 Å². The third kappa shape index (κ3) is 3.36. The molecule has 7 heteroatoms. The number of nitrogens with zero attached hydrogens (tertiary/aromatic N) is 4. The standard InChI is InChI=1S/C25H21FN6/c26-19-10-16(12-28-14-19)15-32-9-6-17-3-4-22(31-25(17)32)20-5-8-29-24-21(20)11-23(30-24)18-2-1-7-27-13-18/h2-6,8-12,14,27H,1,7,13,15H2,(H,29,30). The molecule has 5 aromatic rings. The highest BCUT2D eigenvalue weighted by Crippen LogP contribution is 2.30. The van der Waals surface area contributed by atoms with E-state index in [1.54, 1.807) is 6.20 Å². The normalized spacial score (nSPS) is 14.2. The molecule has 1 aliphatic heterocycles. The van der Waals surface area contributed by atoms with Crippen molar-refractivity contribution < 1.29 is 4.39 Å². The molecule has 5 aromatic heterocycles. The molecule has 0 unspecified atom stereocenters. The third-order valence-corrected chi connectivity index (χ3v) is 5.91. The molecule has 0 atom stereocenters. The topological polar surface area (TPSA) is 71.4 Å². The average Bonchev–Trinajstić information content (AvgIpc) is 3.44. The van der Waals surface area contributed by atoms with Crippen molar-refractivity contribution >= 4 is 27.6 Å². The number of pyridine rings is 3. The van der Waals surface area contributed by atoms with Crippen molar-refractivity contribution in [3.8, 4) is 11.3 Å². The van der Waals surface area contributed by atoms with Crippen molar-refractivity contribution in [2.75, 3.05) is 13.1 Å². The minimum Gasteiger partial charge on any atom is -0.339 e.